The van der Waals surface area contributed by atoms with Crippen LogP contribution in [0.1, 0.15) is 31.2 Å². The van der Waals surface area contributed by atoms with Gasteiger partial charge in [0.25, 0.3) is 0 Å². The van der Waals surface area contributed by atoms with Crippen LogP contribution in [0.15, 0.2) is 35.7 Å². The van der Waals surface area contributed by atoms with E-state index < -0.39 is 10.0 Å². The van der Waals surface area contributed by atoms with Crippen LogP contribution in [0.25, 0.3) is 6.08 Å². The van der Waals surface area contributed by atoms with Gasteiger partial charge in [0.05, 0.1) is 4.90 Å². The SMILES string of the molecule is C=Cc1ccc(S(=O)(=O)NC2CCCC(C(=O)N(C)C)C2)cc1. The van der Waals surface area contributed by atoms with E-state index in [1.807, 2.05) is 0 Å². The highest BCUT2D eigenvalue weighted by atomic mass is 32.2. The molecule has 23 heavy (non-hydrogen) atoms. The molecule has 2 atom stereocenters. The molecule has 1 saturated carbocycles. The van der Waals surface area contributed by atoms with Crippen molar-refractivity contribution in [2.45, 2.75) is 36.6 Å². The van der Waals surface area contributed by atoms with E-state index in [1.165, 1.54) is 0 Å². The second-order valence-electron chi connectivity index (χ2n) is 6.19. The molecular weight excluding hydrogens is 312 g/mol. The molecule has 2 unspecified atom stereocenters. The minimum atomic E-state index is -3.56. The summed E-state index contributed by atoms with van der Waals surface area (Å²) in [6.45, 7) is 3.65. The number of carbonyl (C=O) groups excluding carboxylic acids is 1. The molecular formula is C17H24N2O3S. The van der Waals surface area contributed by atoms with E-state index in [2.05, 4.69) is 11.3 Å². The van der Waals surface area contributed by atoms with Gasteiger partial charge in [-0.25, -0.2) is 13.1 Å². The fourth-order valence-electron chi connectivity index (χ4n) is 2.96. The molecule has 1 aromatic carbocycles. The predicted octanol–water partition coefficient (Wildman–Crippen LogP) is 2.25. The lowest BCUT2D eigenvalue weighted by Gasteiger charge is -2.30. The number of carbonyl (C=O) groups is 1. The molecule has 5 nitrogen and oxygen atoms in total. The molecule has 1 fully saturated rings. The molecule has 1 amide bonds. The Morgan fingerprint density at radius 3 is 2.48 bits per heavy atom. The van der Waals surface area contributed by atoms with E-state index in [0.29, 0.717) is 6.42 Å². The molecule has 1 aromatic rings. The monoisotopic (exact) mass is 336 g/mol. The highest BCUT2D eigenvalue weighted by Gasteiger charge is 2.30. The van der Waals surface area contributed by atoms with Gasteiger partial charge in [-0.3, -0.25) is 4.79 Å². The Hall–Kier alpha value is -1.66. The lowest BCUT2D eigenvalue weighted by Crippen LogP contribution is -2.42. The molecule has 2 rings (SSSR count). The number of sulfonamides is 1. The highest BCUT2D eigenvalue weighted by molar-refractivity contribution is 7.89. The Balaban J connectivity index is 2.07. The van der Waals surface area contributed by atoms with Crippen molar-refractivity contribution in [1.82, 2.24) is 9.62 Å². The zero-order valence-corrected chi connectivity index (χ0v) is 14.5. The van der Waals surface area contributed by atoms with E-state index in [4.69, 9.17) is 0 Å². The quantitative estimate of drug-likeness (QED) is 0.897. The summed E-state index contributed by atoms with van der Waals surface area (Å²) in [6, 6.07) is 6.40. The summed E-state index contributed by atoms with van der Waals surface area (Å²) < 4.78 is 27.7. The van der Waals surface area contributed by atoms with Crippen LogP contribution in [0.4, 0.5) is 0 Å². The number of nitrogens with zero attached hydrogens (tertiary/aromatic N) is 1. The Kier molecular flexibility index (Phi) is 5.59. The van der Waals surface area contributed by atoms with Crippen LogP contribution >= 0.6 is 0 Å². The molecule has 1 aliphatic carbocycles. The van der Waals surface area contributed by atoms with Gasteiger partial charge < -0.3 is 4.90 Å². The third-order valence-electron chi connectivity index (χ3n) is 4.21. The van der Waals surface area contributed by atoms with Crippen LogP contribution < -0.4 is 4.72 Å². The molecule has 1 aliphatic rings. The lowest BCUT2D eigenvalue weighted by molar-refractivity contribution is -0.134. The molecule has 0 bridgehead atoms. The smallest absolute Gasteiger partial charge is 0.240 e. The summed E-state index contributed by atoms with van der Waals surface area (Å²) >= 11 is 0. The van der Waals surface area contributed by atoms with Crippen LogP contribution in [-0.2, 0) is 14.8 Å². The van der Waals surface area contributed by atoms with Crippen LogP contribution in [0.2, 0.25) is 0 Å². The third kappa shape index (κ3) is 4.42. The molecule has 0 aliphatic heterocycles. The number of rotatable bonds is 5. The molecule has 0 aromatic heterocycles. The van der Waals surface area contributed by atoms with Gasteiger partial charge in [0, 0.05) is 26.1 Å². The second kappa shape index (κ2) is 7.27. The minimum Gasteiger partial charge on any atom is -0.349 e. The first kappa shape index (κ1) is 17.7. The maximum atomic E-state index is 12.5. The van der Waals surface area contributed by atoms with E-state index in [9.17, 15) is 13.2 Å². The fraction of sp³-hybridized carbons (Fsp3) is 0.471. The molecule has 6 heteroatoms. The summed E-state index contributed by atoms with van der Waals surface area (Å²) in [5.41, 5.74) is 0.873. The predicted molar refractivity (Wildman–Crippen MR) is 91.3 cm³/mol. The first-order chi connectivity index (χ1) is 10.8. The summed E-state index contributed by atoms with van der Waals surface area (Å²) in [5, 5.41) is 0. The van der Waals surface area contributed by atoms with Crippen LogP contribution in [-0.4, -0.2) is 39.4 Å². The zero-order chi connectivity index (χ0) is 17.0. The minimum absolute atomic E-state index is 0.0734. The van der Waals surface area contributed by atoms with Gasteiger partial charge in [-0.05, 0) is 37.0 Å². The summed E-state index contributed by atoms with van der Waals surface area (Å²) in [7, 11) is -0.0966. The molecule has 0 radical (unpaired) electrons. The van der Waals surface area contributed by atoms with Crippen LogP contribution in [0.3, 0.4) is 0 Å². The molecule has 0 heterocycles. The molecule has 0 spiro atoms. The van der Waals surface area contributed by atoms with Crippen molar-refractivity contribution in [2.75, 3.05) is 14.1 Å². The average Bonchev–Trinajstić information content (AvgIpc) is 2.54. The van der Waals surface area contributed by atoms with Crippen molar-refractivity contribution in [3.05, 3.63) is 36.4 Å². The Morgan fingerprint density at radius 2 is 1.91 bits per heavy atom. The Labute approximate surface area is 138 Å². The van der Waals surface area contributed by atoms with Gasteiger partial charge >= 0.3 is 0 Å². The number of hydrogen-bond donors (Lipinski definition) is 1. The van der Waals surface area contributed by atoms with Crippen molar-refractivity contribution in [3.8, 4) is 0 Å². The molecule has 1 N–H and O–H groups in total. The first-order valence-electron chi connectivity index (χ1n) is 7.79. The van der Waals surface area contributed by atoms with Crippen LogP contribution in [0, 0.1) is 5.92 Å². The van der Waals surface area contributed by atoms with Gasteiger partial charge in [-0.2, -0.15) is 0 Å². The van der Waals surface area contributed by atoms with Gasteiger partial charge in [0.1, 0.15) is 0 Å². The Morgan fingerprint density at radius 1 is 1.26 bits per heavy atom. The normalized spacial score (nSPS) is 21.7. The standard InChI is InChI=1S/C17H24N2O3S/c1-4-13-8-10-16(11-9-13)23(21,22)18-15-7-5-6-14(12-15)17(20)19(2)3/h4,8-11,14-15,18H,1,5-7,12H2,2-3H3. The van der Waals surface area contributed by atoms with Crippen molar-refractivity contribution in [2.24, 2.45) is 5.92 Å². The maximum absolute atomic E-state index is 12.5. The van der Waals surface area contributed by atoms with Gasteiger partial charge in [0.15, 0.2) is 0 Å². The number of nitrogens with one attached hydrogen (secondary N) is 1. The summed E-state index contributed by atoms with van der Waals surface area (Å²) in [4.78, 5) is 13.9. The summed E-state index contributed by atoms with van der Waals surface area (Å²) in [6.07, 6.45) is 4.67. The molecule has 0 saturated heterocycles. The largest absolute Gasteiger partial charge is 0.349 e. The maximum Gasteiger partial charge on any atom is 0.240 e. The van der Waals surface area contributed by atoms with Gasteiger partial charge in [0.2, 0.25) is 15.9 Å². The zero-order valence-electron chi connectivity index (χ0n) is 13.7. The second-order valence-corrected chi connectivity index (χ2v) is 7.90. The topological polar surface area (TPSA) is 66.5 Å². The first-order valence-corrected chi connectivity index (χ1v) is 9.28. The van der Waals surface area contributed by atoms with Crippen molar-refractivity contribution in [3.63, 3.8) is 0 Å². The van der Waals surface area contributed by atoms with Crippen molar-refractivity contribution in [1.29, 1.82) is 0 Å². The lowest BCUT2D eigenvalue weighted by atomic mass is 9.85. The van der Waals surface area contributed by atoms with Gasteiger partial charge in [-0.15, -0.1) is 0 Å². The fourth-order valence-corrected chi connectivity index (χ4v) is 4.24. The van der Waals surface area contributed by atoms with Crippen molar-refractivity contribution < 1.29 is 13.2 Å². The van der Waals surface area contributed by atoms with Crippen molar-refractivity contribution >= 4 is 22.0 Å². The highest BCUT2D eigenvalue weighted by Crippen LogP contribution is 2.26. The average molecular weight is 336 g/mol. The number of benzene rings is 1. The number of amides is 1. The Bertz CT molecular complexity index is 666. The molecule has 126 valence electrons. The van der Waals surface area contributed by atoms with E-state index in [-0.39, 0.29) is 22.8 Å². The third-order valence-corrected chi connectivity index (χ3v) is 5.75. The van der Waals surface area contributed by atoms with E-state index >= 15 is 0 Å². The van der Waals surface area contributed by atoms with Gasteiger partial charge in [-0.1, -0.05) is 31.2 Å². The van der Waals surface area contributed by atoms with E-state index in [0.717, 1.165) is 24.8 Å². The van der Waals surface area contributed by atoms with E-state index in [1.54, 1.807) is 49.3 Å². The number of hydrogen-bond acceptors (Lipinski definition) is 3. The van der Waals surface area contributed by atoms with Crippen LogP contribution in [0.5, 0.6) is 0 Å². The summed E-state index contributed by atoms with van der Waals surface area (Å²) in [5.74, 6) is -0.0289.